The molecule has 0 saturated carbocycles. The number of benzene rings is 8. The molecule has 0 atom stereocenters. The van der Waals surface area contributed by atoms with Gasteiger partial charge in [0.15, 0.2) is 0 Å². The lowest BCUT2D eigenvalue weighted by Crippen LogP contribution is -1.92. The molecule has 0 radical (unpaired) electrons. The third kappa shape index (κ3) is 4.57. The second-order valence-electron chi connectivity index (χ2n) is 12.7. The molecule has 49 heavy (non-hydrogen) atoms. The van der Waals surface area contributed by atoms with Crippen molar-refractivity contribution >= 4 is 64.0 Å². The number of pyridine rings is 1. The molecule has 2 heteroatoms. The van der Waals surface area contributed by atoms with Crippen molar-refractivity contribution in [3.8, 4) is 44.6 Å². The summed E-state index contributed by atoms with van der Waals surface area (Å²) >= 11 is 1.88. The lowest BCUT2D eigenvalue weighted by Gasteiger charge is -2.15. The highest BCUT2D eigenvalue weighted by Gasteiger charge is 2.18. The number of rotatable bonds is 4. The van der Waals surface area contributed by atoms with E-state index in [4.69, 9.17) is 4.98 Å². The molecule has 2 aromatic heterocycles. The summed E-state index contributed by atoms with van der Waals surface area (Å²) in [7, 11) is 0. The number of nitrogens with zero attached hydrogens (tertiary/aromatic N) is 1. The Morgan fingerprint density at radius 3 is 1.59 bits per heavy atom. The average molecular weight is 640 g/mol. The third-order valence-electron chi connectivity index (χ3n) is 9.86. The van der Waals surface area contributed by atoms with E-state index >= 15 is 0 Å². The van der Waals surface area contributed by atoms with Crippen molar-refractivity contribution in [2.24, 2.45) is 0 Å². The van der Waals surface area contributed by atoms with Gasteiger partial charge in [-0.2, -0.15) is 0 Å². The van der Waals surface area contributed by atoms with Gasteiger partial charge in [-0.25, -0.2) is 4.98 Å². The van der Waals surface area contributed by atoms with Crippen LogP contribution < -0.4 is 0 Å². The summed E-state index contributed by atoms with van der Waals surface area (Å²) in [6.07, 6.45) is 0. The second kappa shape index (κ2) is 11.3. The summed E-state index contributed by atoms with van der Waals surface area (Å²) in [6.45, 7) is 0. The predicted octanol–water partition coefficient (Wildman–Crippen LogP) is 13.6. The van der Waals surface area contributed by atoms with Crippen LogP contribution in [0.5, 0.6) is 0 Å². The molecule has 0 aliphatic carbocycles. The summed E-state index contributed by atoms with van der Waals surface area (Å²) in [5.41, 5.74) is 10.5. The third-order valence-corrected chi connectivity index (χ3v) is 11.1. The Kier molecular flexibility index (Phi) is 6.43. The number of thiophene rings is 1. The zero-order valence-corrected chi connectivity index (χ0v) is 27.4. The van der Waals surface area contributed by atoms with Crippen LogP contribution in [0.3, 0.4) is 0 Å². The highest BCUT2D eigenvalue weighted by molar-refractivity contribution is 7.26. The average Bonchev–Trinajstić information content (AvgIpc) is 3.56. The molecule has 8 aromatic carbocycles. The fourth-order valence-corrected chi connectivity index (χ4v) is 8.73. The molecular weight excluding hydrogens is 611 g/mol. The van der Waals surface area contributed by atoms with Crippen LogP contribution in [0.4, 0.5) is 0 Å². The topological polar surface area (TPSA) is 12.9 Å². The highest BCUT2D eigenvalue weighted by atomic mass is 32.1. The van der Waals surface area contributed by atoms with Gasteiger partial charge in [0.25, 0.3) is 0 Å². The summed E-state index contributed by atoms with van der Waals surface area (Å²) in [5.74, 6) is 0. The van der Waals surface area contributed by atoms with E-state index < -0.39 is 0 Å². The molecule has 2 heterocycles. The Hall–Kier alpha value is -6.09. The first kappa shape index (κ1) is 28.0. The van der Waals surface area contributed by atoms with Gasteiger partial charge in [0.2, 0.25) is 0 Å². The molecule has 0 amide bonds. The van der Waals surface area contributed by atoms with E-state index in [-0.39, 0.29) is 0 Å². The number of aromatic nitrogens is 1. The van der Waals surface area contributed by atoms with Crippen LogP contribution in [-0.4, -0.2) is 4.98 Å². The fraction of sp³-hybridized carbons (Fsp3) is 0. The summed E-state index contributed by atoms with van der Waals surface area (Å²) in [5, 5.41) is 8.68. The first-order valence-electron chi connectivity index (χ1n) is 16.7. The maximum Gasteiger partial charge on any atom is 0.0794 e. The Balaban J connectivity index is 1.24. The molecule has 0 bridgehead atoms. The zero-order chi connectivity index (χ0) is 32.3. The molecule has 0 spiro atoms. The SMILES string of the molecule is c1ccc(-c2ccc3sc4c(-c5ccccc5-c5ccc6c7ccccc7c7ccccc7c6n5)cc(-c5ccccc5)cc4c3c2)cc1. The molecular formula is C47H29NS. The number of fused-ring (bicyclic) bond motifs is 9. The Morgan fingerprint density at radius 1 is 0.327 bits per heavy atom. The molecule has 0 unspecified atom stereocenters. The predicted molar refractivity (Wildman–Crippen MR) is 211 cm³/mol. The molecule has 1 nitrogen and oxygen atoms in total. The van der Waals surface area contributed by atoms with Gasteiger partial charge in [-0.05, 0) is 80.4 Å². The number of hydrogen-bond donors (Lipinski definition) is 0. The van der Waals surface area contributed by atoms with E-state index in [1.807, 2.05) is 11.3 Å². The zero-order valence-electron chi connectivity index (χ0n) is 26.6. The Bertz CT molecular complexity index is 2830. The lowest BCUT2D eigenvalue weighted by molar-refractivity contribution is 1.41. The summed E-state index contributed by atoms with van der Waals surface area (Å²) < 4.78 is 2.59. The minimum atomic E-state index is 0.981. The van der Waals surface area contributed by atoms with E-state index in [0.717, 1.165) is 16.8 Å². The molecule has 228 valence electrons. The van der Waals surface area contributed by atoms with Gasteiger partial charge in [0.05, 0.1) is 11.2 Å². The first-order chi connectivity index (χ1) is 24.3. The summed E-state index contributed by atoms with van der Waals surface area (Å²) in [4.78, 5) is 5.46. The molecule has 0 saturated heterocycles. The quantitative estimate of drug-likeness (QED) is 0.175. The normalized spacial score (nSPS) is 11.7. The van der Waals surface area contributed by atoms with Crippen LogP contribution in [0.1, 0.15) is 0 Å². The monoisotopic (exact) mass is 639 g/mol. The van der Waals surface area contributed by atoms with Crippen molar-refractivity contribution in [2.45, 2.75) is 0 Å². The van der Waals surface area contributed by atoms with Crippen molar-refractivity contribution in [1.29, 1.82) is 0 Å². The minimum absolute atomic E-state index is 0.981. The van der Waals surface area contributed by atoms with Crippen molar-refractivity contribution in [3.63, 3.8) is 0 Å². The first-order valence-corrected chi connectivity index (χ1v) is 17.5. The van der Waals surface area contributed by atoms with Crippen molar-refractivity contribution in [2.75, 3.05) is 0 Å². The van der Waals surface area contributed by atoms with E-state index in [2.05, 4.69) is 176 Å². The van der Waals surface area contributed by atoms with E-state index in [9.17, 15) is 0 Å². The molecule has 0 aliphatic heterocycles. The van der Waals surface area contributed by atoms with Crippen molar-refractivity contribution < 1.29 is 0 Å². The highest BCUT2D eigenvalue weighted by Crippen LogP contribution is 2.46. The number of hydrogen-bond acceptors (Lipinski definition) is 2. The van der Waals surface area contributed by atoms with Gasteiger partial charge in [-0.15, -0.1) is 11.3 Å². The fourth-order valence-electron chi connectivity index (χ4n) is 7.54. The largest absolute Gasteiger partial charge is 0.247 e. The van der Waals surface area contributed by atoms with Crippen molar-refractivity contribution in [1.82, 2.24) is 4.98 Å². The van der Waals surface area contributed by atoms with Gasteiger partial charge < -0.3 is 0 Å². The van der Waals surface area contributed by atoms with Crippen LogP contribution in [-0.2, 0) is 0 Å². The summed E-state index contributed by atoms with van der Waals surface area (Å²) in [6, 6.07) is 63.7. The Morgan fingerprint density at radius 2 is 0.878 bits per heavy atom. The molecule has 0 aliphatic rings. The van der Waals surface area contributed by atoms with Crippen molar-refractivity contribution in [3.05, 3.63) is 176 Å². The maximum absolute atomic E-state index is 5.46. The maximum atomic E-state index is 5.46. The second-order valence-corrected chi connectivity index (χ2v) is 13.7. The Labute approximate surface area is 288 Å². The standard InChI is InChI=1S/C47H29NS/c1-3-13-30(14-4-1)32-23-26-45-41(27-32)43-29-33(31-15-5-2-6-16-31)28-42(47(43)49-45)37-20-9-11-21-38(37)44-25-24-40-36-19-8-7-17-34(36)35-18-10-12-22-39(35)46(40)48-44/h1-29H. The van der Waals surface area contributed by atoms with E-state index in [0.29, 0.717) is 0 Å². The van der Waals surface area contributed by atoms with Crippen LogP contribution in [0.2, 0.25) is 0 Å². The molecule has 10 aromatic rings. The van der Waals surface area contributed by atoms with Crippen LogP contribution in [0.25, 0.3) is 97.3 Å². The molecule has 0 fully saturated rings. The van der Waals surface area contributed by atoms with Gasteiger partial charge in [-0.1, -0.05) is 140 Å². The van der Waals surface area contributed by atoms with E-state index in [1.54, 1.807) is 0 Å². The molecule has 10 rings (SSSR count). The van der Waals surface area contributed by atoms with Crippen LogP contribution in [0.15, 0.2) is 176 Å². The van der Waals surface area contributed by atoms with Gasteiger partial charge >= 0.3 is 0 Å². The molecule has 0 N–H and O–H groups in total. The van der Waals surface area contributed by atoms with Crippen LogP contribution in [0, 0.1) is 0 Å². The van der Waals surface area contributed by atoms with E-state index in [1.165, 1.54) is 80.5 Å². The van der Waals surface area contributed by atoms with Gasteiger partial charge in [0, 0.05) is 42.1 Å². The lowest BCUT2D eigenvalue weighted by atomic mass is 9.91. The smallest absolute Gasteiger partial charge is 0.0794 e. The van der Waals surface area contributed by atoms with Gasteiger partial charge in [-0.3, -0.25) is 0 Å². The van der Waals surface area contributed by atoms with Gasteiger partial charge in [0.1, 0.15) is 0 Å². The minimum Gasteiger partial charge on any atom is -0.247 e. The van der Waals surface area contributed by atoms with Crippen LogP contribution >= 0.6 is 11.3 Å².